The molecule has 3 heterocycles. The van der Waals surface area contributed by atoms with Gasteiger partial charge in [0.1, 0.15) is 24.7 Å². The molecule has 15 heteroatoms. The number of fused-ring (bicyclic) bond motifs is 3. The molecule has 62 heavy (non-hydrogen) atoms. The summed E-state index contributed by atoms with van der Waals surface area (Å²) in [7, 11) is 8.12. The Labute approximate surface area is 371 Å². The summed E-state index contributed by atoms with van der Waals surface area (Å²) < 4.78 is 12.1. The lowest BCUT2D eigenvalue weighted by atomic mass is 9.98. The zero-order valence-electron chi connectivity index (χ0n) is 35.1. The highest BCUT2D eigenvalue weighted by Crippen LogP contribution is 2.41. The van der Waals surface area contributed by atoms with E-state index in [4.69, 9.17) is 32.7 Å². The van der Waals surface area contributed by atoms with Crippen LogP contribution in [0.1, 0.15) is 0 Å². The van der Waals surface area contributed by atoms with Gasteiger partial charge in [-0.25, -0.2) is 9.59 Å². The molecule has 0 saturated carbocycles. The number of pyridine rings is 1. The summed E-state index contributed by atoms with van der Waals surface area (Å²) in [5, 5.41) is 10.8. The van der Waals surface area contributed by atoms with Gasteiger partial charge in [-0.1, -0.05) is 59.6 Å². The lowest BCUT2D eigenvalue weighted by Crippen LogP contribution is -2.54. The molecular weight excluding hydrogens is 825 g/mol. The van der Waals surface area contributed by atoms with Crippen LogP contribution in [0.25, 0.3) is 21.9 Å². The second-order valence-electron chi connectivity index (χ2n) is 15.6. The predicted molar refractivity (Wildman–Crippen MR) is 252 cm³/mol. The van der Waals surface area contributed by atoms with E-state index in [1.807, 2.05) is 101 Å². The molecule has 2 aliphatic rings. The number of likely N-dealkylation sites (N-methyl/N-ethyl adjacent to an activating group) is 2. The van der Waals surface area contributed by atoms with Crippen LogP contribution in [-0.4, -0.2) is 108 Å². The minimum Gasteiger partial charge on any atom is -0.490 e. The number of carbonyl (C=O) groups is 2. The van der Waals surface area contributed by atoms with E-state index in [0.29, 0.717) is 55.7 Å². The highest BCUT2D eigenvalue weighted by atomic mass is 35.5. The van der Waals surface area contributed by atoms with Crippen molar-refractivity contribution in [3.63, 3.8) is 0 Å². The van der Waals surface area contributed by atoms with Crippen LogP contribution in [-0.2, 0) is 0 Å². The van der Waals surface area contributed by atoms with Gasteiger partial charge < -0.3 is 39.7 Å². The van der Waals surface area contributed by atoms with Crippen LogP contribution >= 0.6 is 23.2 Å². The second kappa shape index (κ2) is 18.8. The molecule has 2 N–H and O–H groups in total. The number of hydrogen-bond donors (Lipinski definition) is 2. The Bertz CT molecular complexity index is 2580. The largest absolute Gasteiger partial charge is 0.490 e. The SMILES string of the molecule is CN(C)CCN1CCOc2ccc(NC(=O)N(c3cccc(Cl)c3Cl)N(C(=O)Nc3ccc(-c4ccncc4)c4ccccc34)c3ccc4c(c3)N(CCN(C)C)CCO4)cc21. The zero-order chi connectivity index (χ0) is 43.3. The van der Waals surface area contributed by atoms with Crippen molar-refractivity contribution in [3.8, 4) is 22.6 Å². The van der Waals surface area contributed by atoms with Gasteiger partial charge in [0.05, 0.1) is 51.6 Å². The van der Waals surface area contributed by atoms with Crippen molar-refractivity contribution in [2.24, 2.45) is 0 Å². The third-order valence-electron chi connectivity index (χ3n) is 10.9. The molecule has 0 radical (unpaired) electrons. The van der Waals surface area contributed by atoms with E-state index < -0.39 is 12.1 Å². The standard InChI is InChI=1S/C47H49Cl2N9O4/c1-53(2)22-24-55-26-28-61-43-16-12-33(30-41(43)55)51-46(59)58(40-11-7-10-38(48)45(40)49)57(34-13-17-44-42(31-34)56(27-29-62-44)25-23-54(3)4)47(60)52-39-15-14-35(32-18-20-50-21-19-32)36-8-5-6-9-37(36)39/h5-21,30-31H,22-29H2,1-4H3,(H,51,59)(H,52,60). The highest BCUT2D eigenvalue weighted by molar-refractivity contribution is 6.44. The predicted octanol–water partition coefficient (Wildman–Crippen LogP) is 9.42. The molecule has 0 saturated heterocycles. The summed E-state index contributed by atoms with van der Waals surface area (Å²) in [6, 6.07) is 30.2. The van der Waals surface area contributed by atoms with Gasteiger partial charge in [0.25, 0.3) is 0 Å². The Morgan fingerprint density at radius 2 is 1.31 bits per heavy atom. The minimum absolute atomic E-state index is 0.0804. The topological polar surface area (TPSA) is 109 Å². The van der Waals surface area contributed by atoms with E-state index in [1.165, 1.54) is 10.0 Å². The van der Waals surface area contributed by atoms with Crippen LogP contribution in [0, 0.1) is 0 Å². The van der Waals surface area contributed by atoms with E-state index >= 15 is 9.59 Å². The lowest BCUT2D eigenvalue weighted by molar-refractivity contribution is 0.248. The van der Waals surface area contributed by atoms with Gasteiger partial charge in [-0.15, -0.1) is 0 Å². The molecule has 0 unspecified atom stereocenters. The average Bonchev–Trinajstić information content (AvgIpc) is 3.28. The van der Waals surface area contributed by atoms with Crippen LogP contribution in [0.4, 0.5) is 43.7 Å². The van der Waals surface area contributed by atoms with E-state index in [2.05, 4.69) is 35.2 Å². The molecule has 2 aliphatic heterocycles. The second-order valence-corrected chi connectivity index (χ2v) is 16.4. The number of rotatable bonds is 11. The van der Waals surface area contributed by atoms with Crippen molar-refractivity contribution >= 4 is 80.2 Å². The summed E-state index contributed by atoms with van der Waals surface area (Å²) in [5.41, 5.74) is 5.18. The number of hydrazine groups is 1. The van der Waals surface area contributed by atoms with Crippen molar-refractivity contribution in [2.75, 3.05) is 111 Å². The first kappa shape index (κ1) is 42.4. The molecule has 0 aliphatic carbocycles. The summed E-state index contributed by atoms with van der Waals surface area (Å²) >= 11 is 13.7. The Hall–Kier alpha value is -6.25. The van der Waals surface area contributed by atoms with Crippen LogP contribution in [0.5, 0.6) is 11.5 Å². The normalized spacial score (nSPS) is 13.3. The maximum atomic E-state index is 15.3. The van der Waals surface area contributed by atoms with Crippen molar-refractivity contribution in [3.05, 3.63) is 126 Å². The number of nitrogens with one attached hydrogen (secondary N) is 2. The van der Waals surface area contributed by atoms with Crippen LogP contribution in [0.2, 0.25) is 10.0 Å². The summed E-state index contributed by atoms with van der Waals surface area (Å²) in [6.07, 6.45) is 3.51. The molecule has 0 fully saturated rings. The zero-order valence-corrected chi connectivity index (χ0v) is 36.7. The number of anilines is 6. The number of aromatic nitrogens is 1. The van der Waals surface area contributed by atoms with E-state index in [9.17, 15) is 0 Å². The molecule has 8 rings (SSSR count). The van der Waals surface area contributed by atoms with E-state index in [0.717, 1.165) is 58.7 Å². The van der Waals surface area contributed by atoms with Crippen molar-refractivity contribution < 1.29 is 19.1 Å². The monoisotopic (exact) mass is 873 g/mol. The number of carbonyl (C=O) groups excluding carboxylic acids is 2. The molecule has 13 nitrogen and oxygen atoms in total. The minimum atomic E-state index is -0.669. The molecule has 5 aromatic carbocycles. The van der Waals surface area contributed by atoms with E-state index in [-0.39, 0.29) is 15.7 Å². The quantitative estimate of drug-likeness (QED) is 0.123. The molecule has 0 spiro atoms. The van der Waals surface area contributed by atoms with Gasteiger partial charge in [0, 0.05) is 49.6 Å². The first-order valence-electron chi connectivity index (χ1n) is 20.5. The van der Waals surface area contributed by atoms with Crippen LogP contribution < -0.4 is 39.9 Å². The smallest absolute Gasteiger partial charge is 0.345 e. The maximum Gasteiger partial charge on any atom is 0.345 e. The molecule has 1 aromatic heterocycles. The third kappa shape index (κ3) is 9.16. The first-order chi connectivity index (χ1) is 30.0. The Balaban J connectivity index is 1.24. The fourth-order valence-corrected chi connectivity index (χ4v) is 8.05. The fourth-order valence-electron chi connectivity index (χ4n) is 7.67. The van der Waals surface area contributed by atoms with Crippen LogP contribution in [0.15, 0.2) is 116 Å². The van der Waals surface area contributed by atoms with Crippen LogP contribution in [0.3, 0.4) is 0 Å². The van der Waals surface area contributed by atoms with Gasteiger partial charge in [-0.3, -0.25) is 4.98 Å². The average molecular weight is 875 g/mol. The molecular formula is C47H49Cl2N9O4. The van der Waals surface area contributed by atoms with Crippen molar-refractivity contribution in [1.82, 2.24) is 14.8 Å². The maximum absolute atomic E-state index is 15.3. The number of hydrogen-bond acceptors (Lipinski definition) is 9. The molecule has 0 bridgehead atoms. The third-order valence-corrected chi connectivity index (χ3v) is 11.7. The Kier molecular flexibility index (Phi) is 12.9. The molecule has 4 amide bonds. The van der Waals surface area contributed by atoms with Gasteiger partial charge in [-0.05, 0) is 111 Å². The van der Waals surface area contributed by atoms with Gasteiger partial charge in [0.2, 0.25) is 0 Å². The number of nitrogens with zero attached hydrogens (tertiary/aromatic N) is 7. The van der Waals surface area contributed by atoms with E-state index in [1.54, 1.807) is 42.7 Å². The molecule has 320 valence electrons. The fraction of sp³-hybridized carbons (Fsp3) is 0.255. The summed E-state index contributed by atoms with van der Waals surface area (Å²) in [5.74, 6) is 1.39. The number of halogens is 2. The lowest BCUT2D eigenvalue weighted by Gasteiger charge is -2.37. The number of benzene rings is 5. The number of urea groups is 2. The number of ether oxygens (including phenoxy) is 2. The van der Waals surface area contributed by atoms with Gasteiger partial charge >= 0.3 is 12.1 Å². The molecule has 0 atom stereocenters. The van der Waals surface area contributed by atoms with Gasteiger partial charge in [-0.2, -0.15) is 10.0 Å². The van der Waals surface area contributed by atoms with Gasteiger partial charge in [0.15, 0.2) is 0 Å². The number of amides is 4. The Morgan fingerprint density at radius 1 is 0.677 bits per heavy atom. The van der Waals surface area contributed by atoms with Crippen molar-refractivity contribution in [2.45, 2.75) is 0 Å². The Morgan fingerprint density at radius 3 is 1.98 bits per heavy atom. The summed E-state index contributed by atoms with van der Waals surface area (Å²) in [4.78, 5) is 43.4. The summed E-state index contributed by atoms with van der Waals surface area (Å²) in [6.45, 7) is 5.52. The highest BCUT2D eigenvalue weighted by Gasteiger charge is 2.34. The van der Waals surface area contributed by atoms with Crippen molar-refractivity contribution in [1.29, 1.82) is 0 Å². The first-order valence-corrected chi connectivity index (χ1v) is 21.2. The molecule has 6 aromatic rings.